The predicted octanol–water partition coefficient (Wildman–Crippen LogP) is 4.20. The fourth-order valence-electron chi connectivity index (χ4n) is 4.32. The molecule has 1 aliphatic carbocycles. The van der Waals surface area contributed by atoms with Gasteiger partial charge in [0.05, 0.1) is 17.8 Å². The first-order chi connectivity index (χ1) is 13.6. The Balaban J connectivity index is 2.03. The number of benzene rings is 1. The number of aromatic nitrogens is 1. The third-order valence-corrected chi connectivity index (χ3v) is 5.70. The van der Waals surface area contributed by atoms with Crippen LogP contribution in [0.25, 0.3) is 10.9 Å². The number of pyridine rings is 1. The van der Waals surface area contributed by atoms with Crippen LogP contribution in [0.1, 0.15) is 67.9 Å². The van der Waals surface area contributed by atoms with Gasteiger partial charge in [-0.2, -0.15) is 0 Å². The van der Waals surface area contributed by atoms with E-state index in [0.29, 0.717) is 17.5 Å². The van der Waals surface area contributed by atoms with Crippen molar-refractivity contribution < 1.29 is 13.9 Å². The van der Waals surface area contributed by atoms with Crippen molar-refractivity contribution in [2.75, 3.05) is 24.6 Å². The molecule has 0 amide bonds. The number of halogens is 1. The number of nitrogens with zero attached hydrogens (tertiary/aromatic N) is 2. The summed E-state index contributed by atoms with van der Waals surface area (Å²) < 4.78 is 22.4. The van der Waals surface area contributed by atoms with Crippen LogP contribution in [-0.4, -0.2) is 30.2 Å². The molecule has 4 rings (SSSR count). The van der Waals surface area contributed by atoms with Gasteiger partial charge in [0, 0.05) is 36.3 Å². The van der Waals surface area contributed by atoms with Crippen molar-refractivity contribution in [3.05, 3.63) is 39.4 Å². The standard InChI is InChI=1S/C22H27FN2O3/c1-3-7-15-19-16(12-18(23)20(15)24-10-5-6-11-24)21(26)17(22(27)28-4-2)13-25(19)14-8-9-14/h12-14H,3-11H2,1-2H3. The Kier molecular flexibility index (Phi) is 5.13. The van der Waals surface area contributed by atoms with E-state index in [4.69, 9.17) is 4.74 Å². The van der Waals surface area contributed by atoms with E-state index in [9.17, 15) is 9.59 Å². The van der Waals surface area contributed by atoms with Crippen molar-refractivity contribution in [1.29, 1.82) is 0 Å². The molecule has 0 unspecified atom stereocenters. The highest BCUT2D eigenvalue weighted by Gasteiger charge is 2.31. The average molecular weight is 386 g/mol. The van der Waals surface area contributed by atoms with Crippen LogP contribution in [0.2, 0.25) is 0 Å². The number of carbonyl (C=O) groups excluding carboxylic acids is 1. The quantitative estimate of drug-likeness (QED) is 0.698. The fraction of sp³-hybridized carbons (Fsp3) is 0.545. The molecule has 0 N–H and O–H groups in total. The first-order valence-electron chi connectivity index (χ1n) is 10.4. The lowest BCUT2D eigenvalue weighted by Crippen LogP contribution is -2.25. The zero-order valence-electron chi connectivity index (χ0n) is 16.6. The molecule has 1 aromatic carbocycles. The fourth-order valence-corrected chi connectivity index (χ4v) is 4.32. The van der Waals surface area contributed by atoms with Crippen LogP contribution in [-0.2, 0) is 11.2 Å². The van der Waals surface area contributed by atoms with Crippen LogP contribution in [0.5, 0.6) is 0 Å². The Morgan fingerprint density at radius 2 is 1.96 bits per heavy atom. The maximum Gasteiger partial charge on any atom is 0.343 e. The Labute approximate surface area is 164 Å². The van der Waals surface area contributed by atoms with Gasteiger partial charge in [0.25, 0.3) is 0 Å². The van der Waals surface area contributed by atoms with E-state index >= 15 is 4.39 Å². The van der Waals surface area contributed by atoms with E-state index in [-0.39, 0.29) is 24.0 Å². The van der Waals surface area contributed by atoms with Crippen molar-refractivity contribution in [1.82, 2.24) is 4.57 Å². The van der Waals surface area contributed by atoms with Gasteiger partial charge in [0.15, 0.2) is 0 Å². The van der Waals surface area contributed by atoms with Crippen LogP contribution >= 0.6 is 0 Å². The maximum atomic E-state index is 15.3. The Morgan fingerprint density at radius 1 is 1.25 bits per heavy atom. The average Bonchev–Trinajstić information content (AvgIpc) is 3.37. The summed E-state index contributed by atoms with van der Waals surface area (Å²) in [7, 11) is 0. The highest BCUT2D eigenvalue weighted by molar-refractivity contribution is 5.96. The number of esters is 1. The molecule has 1 saturated heterocycles. The molecule has 2 aromatic rings. The van der Waals surface area contributed by atoms with Crippen LogP contribution in [0.4, 0.5) is 10.1 Å². The molecule has 1 saturated carbocycles. The topological polar surface area (TPSA) is 51.5 Å². The molecule has 28 heavy (non-hydrogen) atoms. The van der Waals surface area contributed by atoms with E-state index in [2.05, 4.69) is 11.8 Å². The minimum absolute atomic E-state index is 0.00276. The molecule has 1 aromatic heterocycles. The molecule has 0 spiro atoms. The summed E-state index contributed by atoms with van der Waals surface area (Å²) in [6.45, 7) is 5.65. The summed E-state index contributed by atoms with van der Waals surface area (Å²) in [5.41, 5.74) is 1.90. The molecule has 2 aliphatic rings. The lowest BCUT2D eigenvalue weighted by molar-refractivity contribution is 0.0524. The molecular formula is C22H27FN2O3. The lowest BCUT2D eigenvalue weighted by Gasteiger charge is -2.25. The van der Waals surface area contributed by atoms with E-state index < -0.39 is 11.4 Å². The SMILES string of the molecule is CCCc1c(N2CCCC2)c(F)cc2c(=O)c(C(=O)OCC)cn(C3CC3)c12. The van der Waals surface area contributed by atoms with Gasteiger partial charge in [-0.1, -0.05) is 13.3 Å². The second-order valence-corrected chi connectivity index (χ2v) is 7.76. The molecule has 0 radical (unpaired) electrons. The number of fused-ring (bicyclic) bond motifs is 1. The molecule has 6 heteroatoms. The molecule has 0 bridgehead atoms. The van der Waals surface area contributed by atoms with E-state index in [0.717, 1.165) is 56.3 Å². The predicted molar refractivity (Wildman–Crippen MR) is 108 cm³/mol. The van der Waals surface area contributed by atoms with Crippen molar-refractivity contribution in [3.8, 4) is 0 Å². The van der Waals surface area contributed by atoms with E-state index in [1.807, 2.05) is 4.57 Å². The number of aryl methyl sites for hydroxylation is 1. The Bertz CT molecular complexity index is 972. The summed E-state index contributed by atoms with van der Waals surface area (Å²) in [6, 6.07) is 1.59. The van der Waals surface area contributed by atoms with E-state index in [1.54, 1.807) is 13.1 Å². The molecular weight excluding hydrogens is 359 g/mol. The smallest absolute Gasteiger partial charge is 0.343 e. The minimum Gasteiger partial charge on any atom is -0.462 e. The third-order valence-electron chi connectivity index (χ3n) is 5.70. The summed E-state index contributed by atoms with van der Waals surface area (Å²) in [5, 5.41) is 0.293. The number of carbonyl (C=O) groups is 1. The second-order valence-electron chi connectivity index (χ2n) is 7.76. The largest absolute Gasteiger partial charge is 0.462 e. The minimum atomic E-state index is -0.634. The van der Waals surface area contributed by atoms with Crippen molar-refractivity contribution in [3.63, 3.8) is 0 Å². The summed E-state index contributed by atoms with van der Waals surface area (Å²) >= 11 is 0. The van der Waals surface area contributed by atoms with Crippen molar-refractivity contribution in [2.24, 2.45) is 0 Å². The van der Waals surface area contributed by atoms with Gasteiger partial charge in [-0.3, -0.25) is 4.79 Å². The van der Waals surface area contributed by atoms with Crippen LogP contribution in [0, 0.1) is 5.82 Å². The van der Waals surface area contributed by atoms with Crippen molar-refractivity contribution >= 4 is 22.6 Å². The molecule has 0 atom stereocenters. The number of hydrogen-bond donors (Lipinski definition) is 0. The number of rotatable bonds is 6. The first kappa shape index (κ1) is 19.0. The zero-order valence-corrected chi connectivity index (χ0v) is 16.6. The lowest BCUT2D eigenvalue weighted by atomic mass is 9.99. The molecule has 2 heterocycles. The summed E-state index contributed by atoms with van der Waals surface area (Å²) in [5.74, 6) is -0.997. The Hall–Kier alpha value is -2.37. The van der Waals surface area contributed by atoms with Gasteiger partial charge in [-0.25, -0.2) is 9.18 Å². The highest BCUT2D eigenvalue weighted by Crippen LogP contribution is 2.41. The normalized spacial score (nSPS) is 16.8. The second kappa shape index (κ2) is 7.57. The third kappa shape index (κ3) is 3.19. The number of hydrogen-bond acceptors (Lipinski definition) is 4. The van der Waals surface area contributed by atoms with Gasteiger partial charge >= 0.3 is 5.97 Å². The summed E-state index contributed by atoms with van der Waals surface area (Å²) in [6.07, 6.45) is 7.32. The monoisotopic (exact) mass is 386 g/mol. The van der Waals surface area contributed by atoms with Crippen LogP contribution in [0.3, 0.4) is 0 Å². The number of ether oxygens (including phenoxy) is 1. The Morgan fingerprint density at radius 3 is 2.57 bits per heavy atom. The molecule has 5 nitrogen and oxygen atoms in total. The van der Waals surface area contributed by atoms with Crippen molar-refractivity contribution in [2.45, 2.75) is 58.4 Å². The summed E-state index contributed by atoms with van der Waals surface area (Å²) in [4.78, 5) is 27.5. The maximum absolute atomic E-state index is 15.3. The van der Waals surface area contributed by atoms with Gasteiger partial charge in [0.2, 0.25) is 5.43 Å². The van der Waals surface area contributed by atoms with Gasteiger partial charge in [-0.15, -0.1) is 0 Å². The first-order valence-corrected chi connectivity index (χ1v) is 10.4. The molecule has 150 valence electrons. The highest BCUT2D eigenvalue weighted by atomic mass is 19.1. The van der Waals surface area contributed by atoms with Gasteiger partial charge in [0.1, 0.15) is 11.4 Å². The molecule has 1 aliphatic heterocycles. The van der Waals surface area contributed by atoms with E-state index in [1.165, 1.54) is 6.07 Å². The van der Waals surface area contributed by atoms with Crippen LogP contribution < -0.4 is 10.3 Å². The molecule has 2 fully saturated rings. The zero-order chi connectivity index (χ0) is 19.8. The van der Waals surface area contributed by atoms with Gasteiger partial charge < -0.3 is 14.2 Å². The van der Waals surface area contributed by atoms with Crippen LogP contribution in [0.15, 0.2) is 17.1 Å². The number of anilines is 1. The van der Waals surface area contributed by atoms with Gasteiger partial charge in [-0.05, 0) is 45.1 Å².